The van der Waals surface area contributed by atoms with Crippen LogP contribution in [0.25, 0.3) is 0 Å². The molecule has 20 heavy (non-hydrogen) atoms. The van der Waals surface area contributed by atoms with Gasteiger partial charge in [-0.3, -0.25) is 4.79 Å². The number of aliphatic carboxylic acids is 1. The fourth-order valence-electron chi connectivity index (χ4n) is 1.75. The van der Waals surface area contributed by atoms with E-state index in [1.54, 1.807) is 6.92 Å². The smallest absolute Gasteiger partial charge is 0.307 e. The average molecular weight is 281 g/mol. The van der Waals surface area contributed by atoms with Gasteiger partial charge >= 0.3 is 5.97 Å². The van der Waals surface area contributed by atoms with Gasteiger partial charge in [-0.2, -0.15) is 0 Å². The summed E-state index contributed by atoms with van der Waals surface area (Å²) in [5.74, 6) is 0.468. The number of nitrogens with zero attached hydrogens (tertiary/aromatic N) is 1. The molecule has 1 rings (SSSR count). The van der Waals surface area contributed by atoms with E-state index < -0.39 is 5.97 Å². The van der Waals surface area contributed by atoms with Gasteiger partial charge in [0.1, 0.15) is 18.1 Å². The third kappa shape index (κ3) is 5.93. The zero-order valence-corrected chi connectivity index (χ0v) is 12.3. The van der Waals surface area contributed by atoms with Crippen LogP contribution in [0.2, 0.25) is 0 Å². The summed E-state index contributed by atoms with van der Waals surface area (Å²) in [4.78, 5) is 12.7. The molecule has 0 aromatic heterocycles. The molecule has 1 N–H and O–H groups in total. The van der Waals surface area contributed by atoms with Gasteiger partial charge in [0.05, 0.1) is 12.5 Å². The van der Waals surface area contributed by atoms with E-state index in [4.69, 9.17) is 14.6 Å². The Morgan fingerprint density at radius 2 is 1.80 bits per heavy atom. The number of carboxylic acid groups (broad SMARTS) is 1. The van der Waals surface area contributed by atoms with E-state index >= 15 is 0 Å². The maximum absolute atomic E-state index is 10.7. The maximum atomic E-state index is 10.7. The highest BCUT2D eigenvalue weighted by Gasteiger charge is 2.13. The molecular formula is C15H23NO4. The molecule has 1 unspecified atom stereocenters. The molecule has 5 nitrogen and oxygen atoms in total. The van der Waals surface area contributed by atoms with Gasteiger partial charge in [-0.25, -0.2) is 0 Å². The summed E-state index contributed by atoms with van der Waals surface area (Å²) < 4.78 is 11.0. The number of hydrogen-bond acceptors (Lipinski definition) is 4. The zero-order valence-electron chi connectivity index (χ0n) is 12.3. The number of hydrogen-bond donors (Lipinski definition) is 1. The van der Waals surface area contributed by atoms with Crippen LogP contribution in [0.3, 0.4) is 0 Å². The summed E-state index contributed by atoms with van der Waals surface area (Å²) in [7, 11) is 1.89. The second-order valence-electron chi connectivity index (χ2n) is 4.75. The van der Waals surface area contributed by atoms with Gasteiger partial charge in [0.25, 0.3) is 0 Å². The van der Waals surface area contributed by atoms with Gasteiger partial charge < -0.3 is 19.5 Å². The van der Waals surface area contributed by atoms with Crippen molar-refractivity contribution >= 4 is 5.97 Å². The van der Waals surface area contributed by atoms with Crippen LogP contribution in [-0.2, 0) is 4.79 Å². The first-order valence-electron chi connectivity index (χ1n) is 6.80. The van der Waals surface area contributed by atoms with E-state index in [2.05, 4.69) is 0 Å². The van der Waals surface area contributed by atoms with Crippen molar-refractivity contribution in [3.63, 3.8) is 0 Å². The first-order chi connectivity index (χ1) is 9.52. The van der Waals surface area contributed by atoms with Crippen LogP contribution < -0.4 is 9.47 Å². The highest BCUT2D eigenvalue weighted by Crippen LogP contribution is 2.17. The Morgan fingerprint density at radius 3 is 2.30 bits per heavy atom. The molecule has 0 saturated heterocycles. The highest BCUT2D eigenvalue weighted by atomic mass is 16.5. The van der Waals surface area contributed by atoms with Crippen molar-refractivity contribution < 1.29 is 19.4 Å². The molecule has 5 heteroatoms. The van der Waals surface area contributed by atoms with Crippen LogP contribution in [0.5, 0.6) is 11.5 Å². The van der Waals surface area contributed by atoms with Crippen LogP contribution in [0.4, 0.5) is 0 Å². The normalized spacial score (nSPS) is 12.2. The summed E-state index contributed by atoms with van der Waals surface area (Å²) >= 11 is 0. The standard InChI is InChI=1S/C15H23NO4/c1-4-19-13-5-7-14(8-6-13)20-10-9-16(3)11-12(2)15(17)18/h5-8,12H,4,9-11H2,1-3H3,(H,17,18). The van der Waals surface area contributed by atoms with Crippen LogP contribution in [0, 0.1) is 5.92 Å². The Morgan fingerprint density at radius 1 is 1.25 bits per heavy atom. The van der Waals surface area contributed by atoms with Gasteiger partial charge in [0.15, 0.2) is 0 Å². The Kier molecular flexibility index (Phi) is 6.87. The Bertz CT molecular complexity index is 405. The van der Waals surface area contributed by atoms with Crippen molar-refractivity contribution in [1.82, 2.24) is 4.90 Å². The predicted octanol–water partition coefficient (Wildman–Crippen LogP) is 2.12. The topological polar surface area (TPSA) is 59.0 Å². The van der Waals surface area contributed by atoms with Gasteiger partial charge in [-0.15, -0.1) is 0 Å². The number of likely N-dealkylation sites (N-methyl/N-ethyl adjacent to an activating group) is 1. The summed E-state index contributed by atoms with van der Waals surface area (Å²) in [6.07, 6.45) is 0. The second-order valence-corrected chi connectivity index (χ2v) is 4.75. The highest BCUT2D eigenvalue weighted by molar-refractivity contribution is 5.69. The number of rotatable bonds is 9. The molecule has 0 aliphatic heterocycles. The monoisotopic (exact) mass is 281 g/mol. The minimum Gasteiger partial charge on any atom is -0.494 e. The minimum absolute atomic E-state index is 0.370. The number of carboxylic acids is 1. The molecule has 112 valence electrons. The SMILES string of the molecule is CCOc1ccc(OCCN(C)CC(C)C(=O)O)cc1. The molecule has 0 fully saturated rings. The van der Waals surface area contributed by atoms with Crippen molar-refractivity contribution in [1.29, 1.82) is 0 Å². The fraction of sp³-hybridized carbons (Fsp3) is 0.533. The second kappa shape index (κ2) is 8.43. The van der Waals surface area contributed by atoms with Crippen LogP contribution in [0.15, 0.2) is 24.3 Å². The molecule has 0 heterocycles. The molecule has 1 aromatic rings. The van der Waals surface area contributed by atoms with Crippen LogP contribution in [-0.4, -0.2) is 49.3 Å². The summed E-state index contributed by atoms with van der Waals surface area (Å²) in [6.45, 7) is 6.01. The van der Waals surface area contributed by atoms with E-state index in [-0.39, 0.29) is 5.92 Å². The summed E-state index contributed by atoms with van der Waals surface area (Å²) in [5.41, 5.74) is 0. The largest absolute Gasteiger partial charge is 0.494 e. The molecule has 0 bridgehead atoms. The lowest BCUT2D eigenvalue weighted by molar-refractivity contribution is -0.141. The molecule has 0 saturated carbocycles. The quantitative estimate of drug-likeness (QED) is 0.751. The molecule has 0 aliphatic rings. The van der Waals surface area contributed by atoms with E-state index in [0.717, 1.165) is 11.5 Å². The summed E-state index contributed by atoms with van der Waals surface area (Å²) in [5, 5.41) is 8.83. The first kappa shape index (κ1) is 16.3. The Labute approximate surface area is 120 Å². The van der Waals surface area contributed by atoms with Crippen LogP contribution >= 0.6 is 0 Å². The van der Waals surface area contributed by atoms with E-state index in [1.165, 1.54) is 0 Å². The van der Waals surface area contributed by atoms with E-state index in [0.29, 0.717) is 26.3 Å². The molecule has 0 aliphatic carbocycles. The van der Waals surface area contributed by atoms with Crippen molar-refractivity contribution in [3.8, 4) is 11.5 Å². The fourth-order valence-corrected chi connectivity index (χ4v) is 1.75. The Hall–Kier alpha value is -1.75. The first-order valence-corrected chi connectivity index (χ1v) is 6.80. The minimum atomic E-state index is -0.774. The third-order valence-electron chi connectivity index (χ3n) is 2.88. The molecule has 1 atom stereocenters. The molecule has 0 spiro atoms. The average Bonchev–Trinajstić information content (AvgIpc) is 2.41. The number of benzene rings is 1. The lowest BCUT2D eigenvalue weighted by Crippen LogP contribution is -2.31. The lowest BCUT2D eigenvalue weighted by atomic mass is 10.2. The molecule has 0 amide bonds. The van der Waals surface area contributed by atoms with Crippen molar-refractivity contribution in [2.75, 3.05) is 33.4 Å². The van der Waals surface area contributed by atoms with E-state index in [1.807, 2.05) is 43.1 Å². The summed E-state index contributed by atoms with van der Waals surface area (Å²) in [6, 6.07) is 7.47. The van der Waals surface area contributed by atoms with Crippen molar-refractivity contribution in [2.24, 2.45) is 5.92 Å². The Balaban J connectivity index is 2.27. The van der Waals surface area contributed by atoms with Gasteiger partial charge in [0.2, 0.25) is 0 Å². The maximum Gasteiger partial charge on any atom is 0.307 e. The predicted molar refractivity (Wildman–Crippen MR) is 77.4 cm³/mol. The van der Waals surface area contributed by atoms with Gasteiger partial charge in [-0.05, 0) is 38.2 Å². The zero-order chi connectivity index (χ0) is 15.0. The molecular weight excluding hydrogens is 258 g/mol. The van der Waals surface area contributed by atoms with E-state index in [9.17, 15) is 4.79 Å². The van der Waals surface area contributed by atoms with Crippen molar-refractivity contribution in [2.45, 2.75) is 13.8 Å². The van der Waals surface area contributed by atoms with Gasteiger partial charge in [0, 0.05) is 13.1 Å². The number of carbonyl (C=O) groups is 1. The lowest BCUT2D eigenvalue weighted by Gasteiger charge is -2.19. The molecule has 1 aromatic carbocycles. The van der Waals surface area contributed by atoms with Crippen LogP contribution in [0.1, 0.15) is 13.8 Å². The van der Waals surface area contributed by atoms with Crippen molar-refractivity contribution in [3.05, 3.63) is 24.3 Å². The van der Waals surface area contributed by atoms with Gasteiger partial charge in [-0.1, -0.05) is 6.92 Å². The third-order valence-corrected chi connectivity index (χ3v) is 2.88. The number of ether oxygens (including phenoxy) is 2. The molecule has 0 radical (unpaired) electrons.